The zero-order chi connectivity index (χ0) is 32.0. The summed E-state index contributed by atoms with van der Waals surface area (Å²) in [5.41, 5.74) is 3.04. The maximum absolute atomic E-state index is 13.1. The molecule has 3 heterocycles. The molecule has 5 rings (SSSR count). The van der Waals surface area contributed by atoms with Gasteiger partial charge >= 0.3 is 6.09 Å². The molecule has 5 atom stereocenters. The number of hydrogen-bond donors (Lipinski definition) is 3. The van der Waals surface area contributed by atoms with Crippen LogP contribution in [0.5, 0.6) is 0 Å². The average molecular weight is 642 g/mol. The molecular formula is C33H47N5O6S. The summed E-state index contributed by atoms with van der Waals surface area (Å²) in [5.74, 6) is 0.417. The predicted octanol–water partition coefficient (Wildman–Crippen LogP) is 4.20. The van der Waals surface area contributed by atoms with Crippen LogP contribution in [0.15, 0.2) is 48.5 Å². The predicted molar refractivity (Wildman–Crippen MR) is 176 cm³/mol. The minimum Gasteiger partial charge on any atom is -0.633 e. The third-order valence-corrected chi connectivity index (χ3v) is 9.14. The Morgan fingerprint density at radius 3 is 2.73 bits per heavy atom. The highest BCUT2D eigenvalue weighted by molar-refractivity contribution is 7.22. The highest BCUT2D eigenvalue weighted by atomic mass is 32.1. The average Bonchev–Trinajstić information content (AvgIpc) is 3.69. The van der Waals surface area contributed by atoms with Crippen molar-refractivity contribution < 1.29 is 28.8 Å². The SMILES string of the molecule is CC(C)CN(Cc1ccc2nc(NCC[N+](C)(C)[O-])sc2c1)CC(O)C(Cc1ccccc1)NC(=O)OC1COC2OCCC12. The number of nitrogens with one attached hydrogen (secondary N) is 2. The molecule has 11 nitrogen and oxygen atoms in total. The highest BCUT2D eigenvalue weighted by Crippen LogP contribution is 2.33. The van der Waals surface area contributed by atoms with E-state index in [-0.39, 0.29) is 23.0 Å². The van der Waals surface area contributed by atoms with Crippen LogP contribution in [0.25, 0.3) is 10.2 Å². The topological polar surface area (TPSA) is 128 Å². The second-order valence-electron chi connectivity index (χ2n) is 13.1. The maximum atomic E-state index is 13.1. The molecule has 1 aromatic heterocycles. The molecule has 246 valence electrons. The van der Waals surface area contributed by atoms with E-state index < -0.39 is 18.2 Å². The molecule has 2 fully saturated rings. The molecule has 45 heavy (non-hydrogen) atoms. The van der Waals surface area contributed by atoms with Gasteiger partial charge in [0.05, 0.1) is 68.7 Å². The van der Waals surface area contributed by atoms with Gasteiger partial charge in [-0.25, -0.2) is 9.78 Å². The first-order valence-corrected chi connectivity index (χ1v) is 16.7. The summed E-state index contributed by atoms with van der Waals surface area (Å²) in [5, 5.41) is 30.5. The molecule has 0 radical (unpaired) electrons. The summed E-state index contributed by atoms with van der Waals surface area (Å²) >= 11 is 1.57. The van der Waals surface area contributed by atoms with Crippen LogP contribution in [0.3, 0.4) is 0 Å². The van der Waals surface area contributed by atoms with Crippen LogP contribution in [0, 0.1) is 17.0 Å². The van der Waals surface area contributed by atoms with Crippen molar-refractivity contribution in [1.29, 1.82) is 0 Å². The summed E-state index contributed by atoms with van der Waals surface area (Å²) in [6.07, 6.45) is -0.795. The van der Waals surface area contributed by atoms with Gasteiger partial charge in [-0.15, -0.1) is 0 Å². The number of ether oxygens (including phenoxy) is 3. The van der Waals surface area contributed by atoms with E-state index >= 15 is 0 Å². The number of likely N-dealkylation sites (N-methyl/N-ethyl adjacent to an activating group) is 1. The van der Waals surface area contributed by atoms with Gasteiger partial charge in [0.25, 0.3) is 0 Å². The van der Waals surface area contributed by atoms with E-state index in [1.54, 1.807) is 25.4 Å². The Hall–Kier alpha value is -2.84. The van der Waals surface area contributed by atoms with E-state index in [1.807, 2.05) is 36.4 Å². The minimum absolute atomic E-state index is 0.0433. The van der Waals surface area contributed by atoms with E-state index in [0.29, 0.717) is 51.7 Å². The number of aliphatic hydroxyl groups is 1. The molecule has 3 N–H and O–H groups in total. The Morgan fingerprint density at radius 1 is 1.18 bits per heavy atom. The molecule has 2 aliphatic rings. The first kappa shape index (κ1) is 33.5. The van der Waals surface area contributed by atoms with Crippen molar-refractivity contribution in [1.82, 2.24) is 15.2 Å². The van der Waals surface area contributed by atoms with Gasteiger partial charge in [-0.1, -0.05) is 61.6 Å². The number of rotatable bonds is 15. The van der Waals surface area contributed by atoms with Gasteiger partial charge in [-0.05, 0) is 42.0 Å². The largest absolute Gasteiger partial charge is 0.633 e. The summed E-state index contributed by atoms with van der Waals surface area (Å²) in [6, 6.07) is 15.5. The maximum Gasteiger partial charge on any atom is 0.407 e. The lowest BCUT2D eigenvalue weighted by Gasteiger charge is -2.33. The van der Waals surface area contributed by atoms with Gasteiger partial charge in [0.1, 0.15) is 6.10 Å². The molecule has 2 aromatic carbocycles. The number of hydroxylamine groups is 3. The Labute approximate surface area is 269 Å². The van der Waals surface area contributed by atoms with Crippen LogP contribution in [-0.4, -0.2) is 104 Å². The number of anilines is 1. The van der Waals surface area contributed by atoms with E-state index in [2.05, 4.69) is 46.5 Å². The molecule has 0 saturated carbocycles. The van der Waals surface area contributed by atoms with E-state index in [1.165, 1.54) is 0 Å². The van der Waals surface area contributed by atoms with E-state index in [9.17, 15) is 15.1 Å². The number of thiazole rings is 1. The number of aliphatic hydroxyl groups excluding tert-OH is 1. The molecule has 2 aliphatic heterocycles. The summed E-state index contributed by atoms with van der Waals surface area (Å²) < 4.78 is 17.7. The van der Waals surface area contributed by atoms with Crippen molar-refractivity contribution in [2.45, 2.75) is 57.8 Å². The van der Waals surface area contributed by atoms with Crippen LogP contribution in [0.2, 0.25) is 0 Å². The van der Waals surface area contributed by atoms with Crippen molar-refractivity contribution in [2.75, 3.05) is 58.8 Å². The lowest BCUT2D eigenvalue weighted by Crippen LogP contribution is -2.50. The van der Waals surface area contributed by atoms with Gasteiger partial charge in [0.15, 0.2) is 11.4 Å². The fourth-order valence-corrected chi connectivity index (χ4v) is 6.92. The number of amides is 1. The standard InChI is InChI=1S/C33H47N5O6S/c1-22(2)18-37(19-24-10-11-26-30(17-24)45-32(35-26)34-13-14-38(3,4)41)20-28(39)27(16-23-8-6-5-7-9-23)36-33(40)44-29-21-43-31-25(29)12-15-42-31/h5-11,17,22,25,27-29,31,39H,12-16,18-21H2,1-4H3,(H,34,35)(H,36,40). The number of nitrogens with zero attached hydrogens (tertiary/aromatic N) is 3. The number of carbonyl (C=O) groups excluding carboxylic acids is 1. The van der Waals surface area contributed by atoms with E-state index in [0.717, 1.165) is 39.4 Å². The number of quaternary nitrogens is 1. The first-order chi connectivity index (χ1) is 21.5. The molecule has 3 aromatic rings. The van der Waals surface area contributed by atoms with Crippen molar-refractivity contribution in [2.24, 2.45) is 11.8 Å². The monoisotopic (exact) mass is 641 g/mol. The quantitative estimate of drug-likeness (QED) is 0.165. The summed E-state index contributed by atoms with van der Waals surface area (Å²) in [6.45, 7) is 8.03. The second-order valence-corrected chi connectivity index (χ2v) is 14.1. The Morgan fingerprint density at radius 2 is 1.98 bits per heavy atom. The number of hydrogen-bond acceptors (Lipinski definition) is 10. The van der Waals surface area contributed by atoms with Crippen LogP contribution in [0.4, 0.5) is 9.93 Å². The molecular weight excluding hydrogens is 594 g/mol. The summed E-state index contributed by atoms with van der Waals surface area (Å²) in [4.78, 5) is 20.0. The van der Waals surface area contributed by atoms with Gasteiger partial charge in [-0.3, -0.25) is 4.90 Å². The van der Waals surface area contributed by atoms with Crippen LogP contribution in [-0.2, 0) is 27.2 Å². The summed E-state index contributed by atoms with van der Waals surface area (Å²) in [7, 11) is 3.26. The minimum atomic E-state index is -0.842. The molecule has 0 spiro atoms. The zero-order valence-corrected chi connectivity index (χ0v) is 27.5. The number of fused-ring (bicyclic) bond motifs is 2. The van der Waals surface area contributed by atoms with E-state index in [4.69, 9.17) is 14.2 Å². The molecule has 2 saturated heterocycles. The third kappa shape index (κ3) is 9.82. The smallest absolute Gasteiger partial charge is 0.407 e. The molecule has 0 aliphatic carbocycles. The third-order valence-electron chi connectivity index (χ3n) is 8.16. The van der Waals surface area contributed by atoms with Crippen LogP contribution in [0.1, 0.15) is 31.4 Å². The van der Waals surface area contributed by atoms with Gasteiger partial charge in [0.2, 0.25) is 0 Å². The molecule has 1 amide bonds. The molecule has 5 unspecified atom stereocenters. The number of alkyl carbamates (subject to hydrolysis) is 1. The number of benzene rings is 2. The second kappa shape index (κ2) is 15.2. The Bertz CT molecular complexity index is 1380. The fraction of sp³-hybridized carbons (Fsp3) is 0.576. The fourth-order valence-electron chi connectivity index (χ4n) is 5.97. The lowest BCUT2D eigenvalue weighted by atomic mass is 10.00. The molecule has 12 heteroatoms. The normalized spacial score (nSPS) is 21.3. The molecule has 0 bridgehead atoms. The Balaban J connectivity index is 1.25. The van der Waals surface area contributed by atoms with Crippen molar-refractivity contribution in [3.05, 3.63) is 64.9 Å². The van der Waals surface area contributed by atoms with Gasteiger partial charge in [0, 0.05) is 19.6 Å². The van der Waals surface area contributed by atoms with Gasteiger partial charge in [-0.2, -0.15) is 0 Å². The van der Waals surface area contributed by atoms with Crippen molar-refractivity contribution in [3.8, 4) is 0 Å². The number of carbonyl (C=O) groups is 1. The van der Waals surface area contributed by atoms with Crippen LogP contribution >= 0.6 is 11.3 Å². The zero-order valence-electron chi connectivity index (χ0n) is 26.7. The highest BCUT2D eigenvalue weighted by Gasteiger charge is 2.44. The number of aromatic nitrogens is 1. The van der Waals surface area contributed by atoms with Gasteiger partial charge < -0.3 is 39.8 Å². The van der Waals surface area contributed by atoms with Crippen LogP contribution < -0.4 is 10.6 Å². The first-order valence-electron chi connectivity index (χ1n) is 15.8. The van der Waals surface area contributed by atoms with Crippen molar-refractivity contribution in [3.63, 3.8) is 0 Å². The van der Waals surface area contributed by atoms with Crippen molar-refractivity contribution >= 4 is 32.8 Å². The lowest BCUT2D eigenvalue weighted by molar-refractivity contribution is -0.838. The Kier molecular flexibility index (Phi) is 11.3.